The number of hydrogen-bond acceptors (Lipinski definition) is 4. The van der Waals surface area contributed by atoms with E-state index >= 15 is 0 Å². The topological polar surface area (TPSA) is 64.6 Å². The molecule has 3 rings (SSSR count). The van der Waals surface area contributed by atoms with Gasteiger partial charge in [-0.15, -0.1) is 0 Å². The van der Waals surface area contributed by atoms with Gasteiger partial charge in [-0.2, -0.15) is 0 Å². The molecular weight excluding hydrogens is 366 g/mol. The van der Waals surface area contributed by atoms with Gasteiger partial charge < -0.3 is 14.8 Å². The molecule has 0 aliphatic heterocycles. The van der Waals surface area contributed by atoms with E-state index in [0.717, 1.165) is 16.3 Å². The van der Waals surface area contributed by atoms with E-state index in [1.54, 1.807) is 25.1 Å². The van der Waals surface area contributed by atoms with Crippen LogP contribution in [0, 0.1) is 6.92 Å². The number of aryl methyl sites for hydroxylation is 1. The molecule has 0 radical (unpaired) electrons. The van der Waals surface area contributed by atoms with Crippen LogP contribution in [0.25, 0.3) is 10.8 Å². The largest absolute Gasteiger partial charge is 0.481 e. The number of anilines is 1. The van der Waals surface area contributed by atoms with E-state index in [0.29, 0.717) is 30.0 Å². The summed E-state index contributed by atoms with van der Waals surface area (Å²) in [5, 5.41) is 5.08. The number of rotatable bonds is 7. The van der Waals surface area contributed by atoms with Crippen molar-refractivity contribution in [3.05, 3.63) is 71.8 Å². The Bertz CT molecular complexity index is 1030. The molecule has 0 saturated carbocycles. The van der Waals surface area contributed by atoms with Crippen LogP contribution in [0.15, 0.2) is 60.7 Å². The van der Waals surface area contributed by atoms with Crippen LogP contribution in [0.4, 0.5) is 5.69 Å². The highest BCUT2D eigenvalue weighted by molar-refractivity contribution is 5.96. The van der Waals surface area contributed by atoms with Gasteiger partial charge in [0.05, 0.1) is 12.2 Å². The Balaban J connectivity index is 1.71. The molecule has 1 unspecified atom stereocenters. The van der Waals surface area contributed by atoms with Gasteiger partial charge in [0.2, 0.25) is 0 Å². The summed E-state index contributed by atoms with van der Waals surface area (Å²) in [7, 11) is 0. The van der Waals surface area contributed by atoms with Crippen molar-refractivity contribution < 1.29 is 19.1 Å². The first kappa shape index (κ1) is 20.4. The normalized spacial score (nSPS) is 11.7. The van der Waals surface area contributed by atoms with Gasteiger partial charge in [-0.05, 0) is 66.9 Å². The Morgan fingerprint density at radius 1 is 0.966 bits per heavy atom. The molecule has 0 aromatic heterocycles. The SMILES string of the molecule is CCOC(=O)c1ccc(NC(=O)C(CC)Oc2ccc3ccccc3c2)c(C)c1. The smallest absolute Gasteiger partial charge is 0.338 e. The van der Waals surface area contributed by atoms with E-state index < -0.39 is 6.10 Å². The summed E-state index contributed by atoms with van der Waals surface area (Å²) in [6.45, 7) is 5.83. The van der Waals surface area contributed by atoms with E-state index in [9.17, 15) is 9.59 Å². The van der Waals surface area contributed by atoms with Gasteiger partial charge in [0.15, 0.2) is 6.10 Å². The molecule has 1 N–H and O–H groups in total. The molecule has 0 saturated heterocycles. The predicted molar refractivity (Wildman–Crippen MR) is 114 cm³/mol. The maximum absolute atomic E-state index is 12.8. The van der Waals surface area contributed by atoms with Crippen LogP contribution < -0.4 is 10.1 Å². The van der Waals surface area contributed by atoms with Crippen LogP contribution in [0.3, 0.4) is 0 Å². The summed E-state index contributed by atoms with van der Waals surface area (Å²) in [4.78, 5) is 24.6. The van der Waals surface area contributed by atoms with Crippen molar-refractivity contribution in [2.75, 3.05) is 11.9 Å². The fourth-order valence-electron chi connectivity index (χ4n) is 3.09. The highest BCUT2D eigenvalue weighted by Crippen LogP contribution is 2.23. The van der Waals surface area contributed by atoms with Crippen molar-refractivity contribution in [2.45, 2.75) is 33.3 Å². The number of ether oxygens (including phenoxy) is 2. The molecule has 0 aliphatic rings. The lowest BCUT2D eigenvalue weighted by Crippen LogP contribution is -2.32. The van der Waals surface area contributed by atoms with Gasteiger partial charge in [0, 0.05) is 5.69 Å². The zero-order valence-electron chi connectivity index (χ0n) is 16.9. The lowest BCUT2D eigenvalue weighted by Gasteiger charge is -2.18. The quantitative estimate of drug-likeness (QED) is 0.568. The van der Waals surface area contributed by atoms with Crippen molar-refractivity contribution in [1.29, 1.82) is 0 Å². The third-order valence-electron chi connectivity index (χ3n) is 4.66. The molecule has 29 heavy (non-hydrogen) atoms. The summed E-state index contributed by atoms with van der Waals surface area (Å²) in [6, 6.07) is 18.9. The fraction of sp³-hybridized carbons (Fsp3) is 0.250. The van der Waals surface area contributed by atoms with Crippen molar-refractivity contribution in [3.8, 4) is 5.75 Å². The van der Waals surface area contributed by atoms with Gasteiger partial charge in [-0.25, -0.2) is 4.79 Å². The lowest BCUT2D eigenvalue weighted by atomic mass is 10.1. The van der Waals surface area contributed by atoms with E-state index in [2.05, 4.69) is 5.32 Å². The highest BCUT2D eigenvalue weighted by Gasteiger charge is 2.20. The first-order valence-electron chi connectivity index (χ1n) is 9.76. The zero-order valence-corrected chi connectivity index (χ0v) is 16.9. The molecule has 5 nitrogen and oxygen atoms in total. The second kappa shape index (κ2) is 9.24. The van der Waals surface area contributed by atoms with Gasteiger partial charge in [-0.3, -0.25) is 4.79 Å². The summed E-state index contributed by atoms with van der Waals surface area (Å²) < 4.78 is 11.0. The zero-order chi connectivity index (χ0) is 20.8. The molecule has 0 aliphatic carbocycles. The minimum absolute atomic E-state index is 0.229. The summed E-state index contributed by atoms with van der Waals surface area (Å²) in [5.41, 5.74) is 1.88. The Kier molecular flexibility index (Phi) is 6.50. The molecule has 0 heterocycles. The van der Waals surface area contributed by atoms with E-state index in [1.807, 2.05) is 56.3 Å². The average molecular weight is 391 g/mol. The first-order valence-corrected chi connectivity index (χ1v) is 9.76. The molecule has 0 fully saturated rings. The Morgan fingerprint density at radius 3 is 2.41 bits per heavy atom. The molecule has 3 aromatic carbocycles. The van der Waals surface area contributed by atoms with Crippen LogP contribution in [0.2, 0.25) is 0 Å². The Labute approximate surface area is 170 Å². The van der Waals surface area contributed by atoms with E-state index in [4.69, 9.17) is 9.47 Å². The molecular formula is C24H25NO4. The first-order chi connectivity index (χ1) is 14.0. The molecule has 3 aromatic rings. The maximum Gasteiger partial charge on any atom is 0.338 e. The maximum atomic E-state index is 12.8. The standard InChI is InChI=1S/C24H25NO4/c1-4-22(29-20-12-10-17-8-6-7-9-18(17)15-20)23(26)25-21-13-11-19(14-16(21)3)24(27)28-5-2/h6-15,22H,4-5H2,1-3H3,(H,25,26). The van der Waals surface area contributed by atoms with Gasteiger partial charge >= 0.3 is 5.97 Å². The van der Waals surface area contributed by atoms with Crippen LogP contribution in [0.5, 0.6) is 5.75 Å². The number of carbonyl (C=O) groups is 2. The highest BCUT2D eigenvalue weighted by atomic mass is 16.5. The molecule has 1 amide bonds. The van der Waals surface area contributed by atoms with Gasteiger partial charge in [0.25, 0.3) is 5.91 Å². The number of carbonyl (C=O) groups excluding carboxylic acids is 2. The fourth-order valence-corrected chi connectivity index (χ4v) is 3.09. The van der Waals surface area contributed by atoms with Crippen molar-refractivity contribution in [1.82, 2.24) is 0 Å². The van der Waals surface area contributed by atoms with Crippen molar-refractivity contribution in [3.63, 3.8) is 0 Å². The average Bonchev–Trinajstić information content (AvgIpc) is 2.73. The number of amides is 1. The number of esters is 1. The molecule has 1 atom stereocenters. The second-order valence-corrected chi connectivity index (χ2v) is 6.76. The summed E-state index contributed by atoms with van der Waals surface area (Å²) in [6.07, 6.45) is -0.0983. The van der Waals surface area contributed by atoms with Crippen molar-refractivity contribution >= 4 is 28.3 Å². The molecule has 5 heteroatoms. The number of fused-ring (bicyclic) bond motifs is 1. The third kappa shape index (κ3) is 4.93. The predicted octanol–water partition coefficient (Wildman–Crippen LogP) is 5.12. The summed E-state index contributed by atoms with van der Waals surface area (Å²) >= 11 is 0. The second-order valence-electron chi connectivity index (χ2n) is 6.76. The summed E-state index contributed by atoms with van der Waals surface area (Å²) in [5.74, 6) is 0.0484. The van der Waals surface area contributed by atoms with E-state index in [-0.39, 0.29) is 11.9 Å². The van der Waals surface area contributed by atoms with Crippen LogP contribution >= 0.6 is 0 Å². The number of benzene rings is 3. The monoisotopic (exact) mass is 391 g/mol. The molecule has 0 bridgehead atoms. The minimum Gasteiger partial charge on any atom is -0.481 e. The van der Waals surface area contributed by atoms with Crippen LogP contribution in [-0.4, -0.2) is 24.6 Å². The third-order valence-corrected chi connectivity index (χ3v) is 4.66. The number of hydrogen-bond donors (Lipinski definition) is 1. The number of nitrogens with one attached hydrogen (secondary N) is 1. The minimum atomic E-state index is -0.625. The molecule has 150 valence electrons. The Hall–Kier alpha value is -3.34. The van der Waals surface area contributed by atoms with Gasteiger partial charge in [0.1, 0.15) is 5.75 Å². The van der Waals surface area contributed by atoms with Crippen molar-refractivity contribution in [2.24, 2.45) is 0 Å². The van der Waals surface area contributed by atoms with Gasteiger partial charge in [-0.1, -0.05) is 37.3 Å². The van der Waals surface area contributed by atoms with Crippen LogP contribution in [0.1, 0.15) is 36.2 Å². The lowest BCUT2D eigenvalue weighted by molar-refractivity contribution is -0.122. The molecule has 0 spiro atoms. The van der Waals surface area contributed by atoms with Crippen LogP contribution in [-0.2, 0) is 9.53 Å². The Morgan fingerprint density at radius 2 is 1.72 bits per heavy atom. The van der Waals surface area contributed by atoms with E-state index in [1.165, 1.54) is 0 Å².